The van der Waals surface area contributed by atoms with Crippen LogP contribution in [0.3, 0.4) is 0 Å². The summed E-state index contributed by atoms with van der Waals surface area (Å²) in [7, 11) is 3.28. The van der Waals surface area contributed by atoms with Gasteiger partial charge in [-0.1, -0.05) is 6.07 Å². The number of hydrogen-bond donors (Lipinski definition) is 1. The number of aryl methyl sites for hydroxylation is 1. The highest BCUT2D eigenvalue weighted by atomic mass is 16.7. The fourth-order valence-corrected chi connectivity index (χ4v) is 3.02. The molecule has 0 spiro atoms. The van der Waals surface area contributed by atoms with Crippen LogP contribution in [0.15, 0.2) is 53.5 Å². The molecule has 9 heteroatoms. The predicted molar refractivity (Wildman–Crippen MR) is 114 cm³/mol. The van der Waals surface area contributed by atoms with Crippen molar-refractivity contribution in [1.82, 2.24) is 14.7 Å². The number of nitrogens with zero attached hydrogens (tertiary/aromatic N) is 3. The summed E-state index contributed by atoms with van der Waals surface area (Å²) in [5.41, 5.74) is 0.914. The van der Waals surface area contributed by atoms with Gasteiger partial charge in [0.05, 0.1) is 6.20 Å². The zero-order valence-electron chi connectivity index (χ0n) is 17.4. The van der Waals surface area contributed by atoms with E-state index in [1.165, 1.54) is 10.9 Å². The monoisotopic (exact) mass is 422 g/mol. The van der Waals surface area contributed by atoms with Crippen molar-refractivity contribution in [1.29, 1.82) is 0 Å². The number of rotatable bonds is 6. The Morgan fingerprint density at radius 1 is 1.23 bits per heavy atom. The highest BCUT2D eigenvalue weighted by Gasteiger charge is 2.18. The van der Waals surface area contributed by atoms with Crippen LogP contribution in [-0.2, 0) is 7.05 Å². The molecular weight excluding hydrogens is 400 g/mol. The largest absolute Gasteiger partial charge is 0.454 e. The molecule has 0 fully saturated rings. The van der Waals surface area contributed by atoms with E-state index in [1.54, 1.807) is 61.5 Å². The van der Waals surface area contributed by atoms with Crippen molar-refractivity contribution in [2.24, 2.45) is 7.05 Å². The van der Waals surface area contributed by atoms with Crippen molar-refractivity contribution >= 4 is 17.3 Å². The van der Waals surface area contributed by atoms with Gasteiger partial charge in [0, 0.05) is 38.0 Å². The van der Waals surface area contributed by atoms with Crippen LogP contribution < -0.4 is 25.1 Å². The molecule has 0 saturated carbocycles. The number of nitrogens with one attached hydrogen (secondary N) is 1. The number of fused-ring (bicyclic) bond motifs is 1. The molecule has 0 atom stereocenters. The number of amides is 1. The maximum absolute atomic E-state index is 12.8. The summed E-state index contributed by atoms with van der Waals surface area (Å²) < 4.78 is 17.8. The number of aromatic nitrogens is 2. The molecule has 9 nitrogen and oxygen atoms in total. The molecular formula is C22H22N4O5. The summed E-state index contributed by atoms with van der Waals surface area (Å²) >= 11 is 0. The molecule has 1 aromatic heterocycles. The smallest absolute Gasteiger partial charge is 0.294 e. The lowest BCUT2D eigenvalue weighted by Crippen LogP contribution is -2.26. The van der Waals surface area contributed by atoms with Crippen LogP contribution in [0.2, 0.25) is 0 Å². The summed E-state index contributed by atoms with van der Waals surface area (Å²) in [6.07, 6.45) is 1.45. The van der Waals surface area contributed by atoms with E-state index >= 15 is 0 Å². The Bertz CT molecular complexity index is 1190. The Morgan fingerprint density at radius 3 is 2.84 bits per heavy atom. The minimum atomic E-state index is -0.374. The van der Waals surface area contributed by atoms with Gasteiger partial charge in [0.15, 0.2) is 22.9 Å². The molecule has 0 saturated heterocycles. The third kappa shape index (κ3) is 4.16. The highest BCUT2D eigenvalue weighted by Crippen LogP contribution is 2.37. The van der Waals surface area contributed by atoms with E-state index in [1.807, 2.05) is 6.92 Å². The van der Waals surface area contributed by atoms with Gasteiger partial charge in [-0.15, -0.1) is 0 Å². The first-order valence-corrected chi connectivity index (χ1v) is 9.72. The standard InChI is InChI=1S/C22H22N4O5/c1-4-25(2)21(27)14-6-5-7-15(10-14)24-20-19(12-23-26(3)22(20)28)31-16-8-9-17-18(11-16)30-13-29-17/h5-12,24H,4,13H2,1-3H3. The van der Waals surface area contributed by atoms with Crippen molar-refractivity contribution < 1.29 is 19.0 Å². The van der Waals surface area contributed by atoms with Gasteiger partial charge in [-0.25, -0.2) is 4.68 Å². The van der Waals surface area contributed by atoms with Crippen LogP contribution in [0, 0.1) is 0 Å². The van der Waals surface area contributed by atoms with Gasteiger partial charge in [0.25, 0.3) is 11.5 Å². The first-order chi connectivity index (χ1) is 15.0. The van der Waals surface area contributed by atoms with Crippen LogP contribution in [0.25, 0.3) is 0 Å². The second-order valence-corrected chi connectivity index (χ2v) is 6.95. The zero-order chi connectivity index (χ0) is 22.0. The number of hydrogen-bond acceptors (Lipinski definition) is 7. The lowest BCUT2D eigenvalue weighted by atomic mass is 10.1. The molecule has 0 unspecified atom stereocenters. The van der Waals surface area contributed by atoms with Crippen molar-refractivity contribution in [2.45, 2.75) is 6.92 Å². The molecule has 3 aromatic rings. The van der Waals surface area contributed by atoms with E-state index in [0.717, 1.165) is 0 Å². The molecule has 4 rings (SSSR count). The molecule has 1 N–H and O–H groups in total. The molecule has 0 aliphatic carbocycles. The second kappa shape index (κ2) is 8.39. The summed E-state index contributed by atoms with van der Waals surface area (Å²) in [6, 6.07) is 12.1. The predicted octanol–water partition coefficient (Wildman–Crippen LogP) is 3.14. The number of anilines is 2. The SMILES string of the molecule is CCN(C)C(=O)c1cccc(Nc2c(Oc3ccc4c(c3)OCO4)cnn(C)c2=O)c1. The summed E-state index contributed by atoms with van der Waals surface area (Å²) in [6.45, 7) is 2.65. The van der Waals surface area contributed by atoms with Gasteiger partial charge in [-0.05, 0) is 37.3 Å². The first-order valence-electron chi connectivity index (χ1n) is 9.72. The maximum Gasteiger partial charge on any atom is 0.294 e. The quantitative estimate of drug-likeness (QED) is 0.652. The van der Waals surface area contributed by atoms with Gasteiger partial charge in [-0.2, -0.15) is 5.10 Å². The van der Waals surface area contributed by atoms with Gasteiger partial charge < -0.3 is 24.4 Å². The molecule has 2 aromatic carbocycles. The van der Waals surface area contributed by atoms with Crippen LogP contribution in [0.4, 0.5) is 11.4 Å². The minimum absolute atomic E-state index is 0.106. The topological polar surface area (TPSA) is 94.9 Å². The molecule has 31 heavy (non-hydrogen) atoms. The average Bonchev–Trinajstić information content (AvgIpc) is 3.26. The van der Waals surface area contributed by atoms with Crippen molar-refractivity contribution in [3.8, 4) is 23.0 Å². The van der Waals surface area contributed by atoms with E-state index in [-0.39, 0.29) is 29.7 Å². The number of benzene rings is 2. The molecule has 1 aliphatic heterocycles. The van der Waals surface area contributed by atoms with Crippen LogP contribution in [0.1, 0.15) is 17.3 Å². The number of ether oxygens (including phenoxy) is 3. The third-order valence-electron chi connectivity index (χ3n) is 4.87. The Hall–Kier alpha value is -4.01. The van der Waals surface area contributed by atoms with Crippen LogP contribution in [0.5, 0.6) is 23.0 Å². The molecule has 0 radical (unpaired) electrons. The van der Waals surface area contributed by atoms with Crippen molar-refractivity contribution in [3.63, 3.8) is 0 Å². The Morgan fingerprint density at radius 2 is 2.03 bits per heavy atom. The van der Waals surface area contributed by atoms with Gasteiger partial charge in [0.2, 0.25) is 6.79 Å². The second-order valence-electron chi connectivity index (χ2n) is 6.95. The lowest BCUT2D eigenvalue weighted by molar-refractivity contribution is 0.0802. The Balaban J connectivity index is 1.65. The third-order valence-corrected chi connectivity index (χ3v) is 4.87. The summed E-state index contributed by atoms with van der Waals surface area (Å²) in [4.78, 5) is 26.9. The van der Waals surface area contributed by atoms with E-state index in [9.17, 15) is 9.59 Å². The zero-order valence-corrected chi connectivity index (χ0v) is 17.4. The van der Waals surface area contributed by atoms with Gasteiger partial charge in [0.1, 0.15) is 5.75 Å². The Kier molecular flexibility index (Phi) is 5.48. The molecule has 2 heterocycles. The number of carbonyl (C=O) groups excluding carboxylic acids is 1. The molecule has 160 valence electrons. The fourth-order valence-electron chi connectivity index (χ4n) is 3.02. The van der Waals surface area contributed by atoms with E-state index < -0.39 is 0 Å². The maximum atomic E-state index is 12.8. The first kappa shape index (κ1) is 20.3. The van der Waals surface area contributed by atoms with Crippen molar-refractivity contribution in [3.05, 3.63) is 64.6 Å². The molecule has 0 bridgehead atoms. The molecule has 1 aliphatic rings. The summed E-state index contributed by atoms with van der Waals surface area (Å²) in [5, 5.41) is 7.13. The number of carbonyl (C=O) groups is 1. The highest BCUT2D eigenvalue weighted by molar-refractivity contribution is 5.95. The van der Waals surface area contributed by atoms with Crippen LogP contribution in [-0.4, -0.2) is 41.0 Å². The van der Waals surface area contributed by atoms with E-state index in [0.29, 0.717) is 35.0 Å². The van der Waals surface area contributed by atoms with E-state index in [4.69, 9.17) is 14.2 Å². The normalized spacial score (nSPS) is 11.8. The minimum Gasteiger partial charge on any atom is -0.454 e. The Labute approximate surface area is 178 Å². The lowest BCUT2D eigenvalue weighted by Gasteiger charge is -2.16. The van der Waals surface area contributed by atoms with Crippen molar-refractivity contribution in [2.75, 3.05) is 25.7 Å². The molecule has 1 amide bonds. The van der Waals surface area contributed by atoms with Gasteiger partial charge in [-0.3, -0.25) is 9.59 Å². The van der Waals surface area contributed by atoms with E-state index in [2.05, 4.69) is 10.4 Å². The fraction of sp³-hybridized carbons (Fsp3) is 0.227. The van der Waals surface area contributed by atoms with Gasteiger partial charge >= 0.3 is 0 Å². The average molecular weight is 422 g/mol. The summed E-state index contributed by atoms with van der Waals surface area (Å²) in [5.74, 6) is 1.80. The van der Waals surface area contributed by atoms with Crippen LogP contribution >= 0.6 is 0 Å².